The van der Waals surface area contributed by atoms with E-state index in [-0.39, 0.29) is 11.9 Å². The SMILES string of the molecule is CCCCCOc1ccc(C(C)NC(=O)c2ccc(-n3ccnc3)nc2)cc1OC. The average molecular weight is 409 g/mol. The number of imidazole rings is 1. The summed E-state index contributed by atoms with van der Waals surface area (Å²) >= 11 is 0. The van der Waals surface area contributed by atoms with E-state index < -0.39 is 0 Å². The van der Waals surface area contributed by atoms with E-state index in [9.17, 15) is 4.79 Å². The smallest absolute Gasteiger partial charge is 0.253 e. The molecule has 0 aliphatic carbocycles. The van der Waals surface area contributed by atoms with E-state index in [1.165, 1.54) is 0 Å². The average Bonchev–Trinajstić information content (AvgIpc) is 3.31. The lowest BCUT2D eigenvalue weighted by Crippen LogP contribution is -2.26. The van der Waals surface area contributed by atoms with Gasteiger partial charge < -0.3 is 14.8 Å². The van der Waals surface area contributed by atoms with Crippen molar-refractivity contribution in [2.24, 2.45) is 0 Å². The van der Waals surface area contributed by atoms with Gasteiger partial charge in [0.05, 0.1) is 25.3 Å². The second-order valence-electron chi connectivity index (χ2n) is 7.04. The third kappa shape index (κ3) is 5.37. The third-order valence-electron chi connectivity index (χ3n) is 4.82. The van der Waals surface area contributed by atoms with Crippen LogP contribution in [0.5, 0.6) is 11.5 Å². The van der Waals surface area contributed by atoms with Crippen molar-refractivity contribution in [3.8, 4) is 17.3 Å². The van der Waals surface area contributed by atoms with Gasteiger partial charge in [-0.3, -0.25) is 9.36 Å². The first-order chi connectivity index (χ1) is 14.6. The summed E-state index contributed by atoms with van der Waals surface area (Å²) < 4.78 is 13.1. The molecule has 0 aliphatic rings. The van der Waals surface area contributed by atoms with Gasteiger partial charge in [0.25, 0.3) is 5.91 Å². The number of nitrogens with zero attached hydrogens (tertiary/aromatic N) is 3. The van der Waals surface area contributed by atoms with Crippen LogP contribution in [-0.2, 0) is 0 Å². The Bertz CT molecular complexity index is 940. The number of pyridine rings is 1. The lowest BCUT2D eigenvalue weighted by molar-refractivity contribution is 0.0939. The molecule has 2 heterocycles. The van der Waals surface area contributed by atoms with Gasteiger partial charge in [-0.15, -0.1) is 0 Å². The van der Waals surface area contributed by atoms with E-state index in [2.05, 4.69) is 22.2 Å². The molecule has 0 bridgehead atoms. The van der Waals surface area contributed by atoms with Gasteiger partial charge in [-0.05, 0) is 43.2 Å². The molecule has 2 aromatic heterocycles. The number of methoxy groups -OCH3 is 1. The highest BCUT2D eigenvalue weighted by atomic mass is 16.5. The van der Waals surface area contributed by atoms with Crippen LogP contribution in [0.3, 0.4) is 0 Å². The van der Waals surface area contributed by atoms with Crippen molar-refractivity contribution >= 4 is 5.91 Å². The van der Waals surface area contributed by atoms with Gasteiger partial charge in [0.1, 0.15) is 12.1 Å². The number of aromatic nitrogens is 3. The van der Waals surface area contributed by atoms with Crippen LogP contribution in [-0.4, -0.2) is 34.2 Å². The number of benzene rings is 1. The second kappa shape index (κ2) is 10.4. The molecule has 0 spiro atoms. The van der Waals surface area contributed by atoms with Gasteiger partial charge in [0, 0.05) is 18.6 Å². The zero-order valence-corrected chi connectivity index (χ0v) is 17.7. The fourth-order valence-electron chi connectivity index (χ4n) is 3.04. The molecule has 3 rings (SSSR count). The third-order valence-corrected chi connectivity index (χ3v) is 4.82. The number of hydrogen-bond acceptors (Lipinski definition) is 5. The summed E-state index contributed by atoms with van der Waals surface area (Å²) in [6, 6.07) is 9.08. The summed E-state index contributed by atoms with van der Waals surface area (Å²) in [4.78, 5) is 21.0. The first-order valence-corrected chi connectivity index (χ1v) is 10.2. The summed E-state index contributed by atoms with van der Waals surface area (Å²) in [6.07, 6.45) is 10.0. The number of carbonyl (C=O) groups is 1. The number of rotatable bonds is 10. The fraction of sp³-hybridized carbons (Fsp3) is 0.348. The van der Waals surface area contributed by atoms with E-state index in [1.54, 1.807) is 48.7 Å². The van der Waals surface area contributed by atoms with Crippen molar-refractivity contribution in [1.29, 1.82) is 0 Å². The second-order valence-corrected chi connectivity index (χ2v) is 7.04. The molecular formula is C23H28N4O3. The molecule has 1 atom stereocenters. The number of nitrogens with one attached hydrogen (secondary N) is 1. The molecule has 0 aliphatic heterocycles. The standard InChI is InChI=1S/C23H28N4O3/c1-4-5-6-13-30-20-9-7-18(14-21(20)29-3)17(2)26-23(28)19-8-10-22(25-15-19)27-12-11-24-16-27/h7-12,14-17H,4-6,13H2,1-3H3,(H,26,28). The van der Waals surface area contributed by atoms with E-state index in [4.69, 9.17) is 9.47 Å². The molecule has 1 aromatic carbocycles. The Morgan fingerprint density at radius 1 is 1.20 bits per heavy atom. The van der Waals surface area contributed by atoms with Crippen molar-refractivity contribution in [3.63, 3.8) is 0 Å². The Hall–Kier alpha value is -3.35. The largest absolute Gasteiger partial charge is 0.493 e. The van der Waals surface area contributed by atoms with Crippen LogP contribution >= 0.6 is 0 Å². The number of ether oxygens (including phenoxy) is 2. The maximum atomic E-state index is 12.6. The highest BCUT2D eigenvalue weighted by Crippen LogP contribution is 2.30. The van der Waals surface area contributed by atoms with Crippen molar-refractivity contribution in [3.05, 3.63) is 66.4 Å². The number of amides is 1. The molecular weight excluding hydrogens is 380 g/mol. The molecule has 0 saturated carbocycles. The van der Waals surface area contributed by atoms with Crippen LogP contribution in [0, 0.1) is 0 Å². The Morgan fingerprint density at radius 2 is 2.07 bits per heavy atom. The van der Waals surface area contributed by atoms with E-state index in [1.807, 2.05) is 25.1 Å². The lowest BCUT2D eigenvalue weighted by Gasteiger charge is -2.17. The molecule has 1 unspecified atom stereocenters. The molecule has 158 valence electrons. The quantitative estimate of drug-likeness (QED) is 0.505. The summed E-state index contributed by atoms with van der Waals surface area (Å²) in [5.74, 6) is 1.90. The Kier molecular flexibility index (Phi) is 7.43. The summed E-state index contributed by atoms with van der Waals surface area (Å²) in [5.41, 5.74) is 1.43. The van der Waals surface area contributed by atoms with Crippen LogP contribution in [0.1, 0.15) is 55.1 Å². The van der Waals surface area contributed by atoms with Crippen LogP contribution in [0.4, 0.5) is 0 Å². The molecule has 1 N–H and O–H groups in total. The Labute approximate surface area is 177 Å². The number of hydrogen-bond donors (Lipinski definition) is 1. The Morgan fingerprint density at radius 3 is 2.73 bits per heavy atom. The predicted octanol–water partition coefficient (Wildman–Crippen LogP) is 4.34. The molecule has 30 heavy (non-hydrogen) atoms. The molecule has 7 heteroatoms. The van der Waals surface area contributed by atoms with Crippen molar-refractivity contribution < 1.29 is 14.3 Å². The highest BCUT2D eigenvalue weighted by Gasteiger charge is 2.15. The van der Waals surface area contributed by atoms with Gasteiger partial charge >= 0.3 is 0 Å². The van der Waals surface area contributed by atoms with Crippen LogP contribution in [0.15, 0.2) is 55.2 Å². The van der Waals surface area contributed by atoms with Crippen molar-refractivity contribution in [2.45, 2.75) is 39.2 Å². The van der Waals surface area contributed by atoms with Crippen molar-refractivity contribution in [1.82, 2.24) is 19.9 Å². The van der Waals surface area contributed by atoms with E-state index in [0.717, 1.165) is 30.6 Å². The number of unbranched alkanes of at least 4 members (excludes halogenated alkanes) is 2. The van der Waals surface area contributed by atoms with Crippen LogP contribution in [0.2, 0.25) is 0 Å². The molecule has 0 fully saturated rings. The van der Waals surface area contributed by atoms with Gasteiger partial charge in [-0.1, -0.05) is 25.8 Å². The minimum Gasteiger partial charge on any atom is -0.493 e. The van der Waals surface area contributed by atoms with Gasteiger partial charge in [0.15, 0.2) is 11.5 Å². The molecule has 3 aromatic rings. The monoisotopic (exact) mass is 408 g/mol. The summed E-state index contributed by atoms with van der Waals surface area (Å²) in [6.45, 7) is 4.76. The minimum atomic E-state index is -0.200. The van der Waals surface area contributed by atoms with Crippen LogP contribution in [0.25, 0.3) is 5.82 Å². The zero-order valence-electron chi connectivity index (χ0n) is 17.7. The van der Waals surface area contributed by atoms with Crippen LogP contribution < -0.4 is 14.8 Å². The minimum absolute atomic E-state index is 0.189. The first kappa shape index (κ1) is 21.4. The normalized spacial score (nSPS) is 11.7. The number of carbonyl (C=O) groups excluding carboxylic acids is 1. The molecule has 1 amide bonds. The first-order valence-electron chi connectivity index (χ1n) is 10.2. The van der Waals surface area contributed by atoms with Gasteiger partial charge in [-0.2, -0.15) is 0 Å². The fourth-order valence-corrected chi connectivity index (χ4v) is 3.04. The van der Waals surface area contributed by atoms with E-state index in [0.29, 0.717) is 23.7 Å². The molecule has 7 nitrogen and oxygen atoms in total. The van der Waals surface area contributed by atoms with E-state index >= 15 is 0 Å². The topological polar surface area (TPSA) is 78.3 Å². The maximum absolute atomic E-state index is 12.6. The summed E-state index contributed by atoms with van der Waals surface area (Å²) in [5, 5.41) is 3.00. The zero-order chi connectivity index (χ0) is 21.3. The van der Waals surface area contributed by atoms with Gasteiger partial charge in [0.2, 0.25) is 0 Å². The highest BCUT2D eigenvalue weighted by molar-refractivity contribution is 5.94. The lowest BCUT2D eigenvalue weighted by atomic mass is 10.1. The maximum Gasteiger partial charge on any atom is 0.253 e. The summed E-state index contributed by atoms with van der Waals surface area (Å²) in [7, 11) is 1.62. The molecule has 0 radical (unpaired) electrons. The van der Waals surface area contributed by atoms with Crippen molar-refractivity contribution in [2.75, 3.05) is 13.7 Å². The Balaban J connectivity index is 1.63. The predicted molar refractivity (Wildman–Crippen MR) is 115 cm³/mol. The van der Waals surface area contributed by atoms with Gasteiger partial charge in [-0.25, -0.2) is 9.97 Å². The molecule has 0 saturated heterocycles.